The van der Waals surface area contributed by atoms with Gasteiger partial charge >= 0.3 is 0 Å². The van der Waals surface area contributed by atoms with E-state index in [-0.39, 0.29) is 17.5 Å². The Hall–Kier alpha value is -2.81. The fraction of sp³-hybridized carbons (Fsp3) is 0.500. The van der Waals surface area contributed by atoms with Gasteiger partial charge in [0.25, 0.3) is 11.8 Å². The van der Waals surface area contributed by atoms with Crippen LogP contribution < -0.4 is 10.9 Å². The third kappa shape index (κ3) is 5.28. The van der Waals surface area contributed by atoms with E-state index in [0.29, 0.717) is 11.5 Å². The number of aromatic nitrogens is 2. The van der Waals surface area contributed by atoms with Gasteiger partial charge in [-0.15, -0.1) is 11.3 Å². The number of rotatable bonds is 4. The lowest BCUT2D eigenvalue weighted by molar-refractivity contribution is -0.137. The third-order valence-electron chi connectivity index (χ3n) is 6.10. The predicted molar refractivity (Wildman–Crippen MR) is 116 cm³/mol. The van der Waals surface area contributed by atoms with E-state index < -0.39 is 11.8 Å². The lowest BCUT2D eigenvalue weighted by Crippen LogP contribution is -2.42. The van der Waals surface area contributed by atoms with Crippen LogP contribution in [-0.2, 0) is 4.79 Å². The molecule has 1 saturated carbocycles. The monoisotopic (exact) mass is 441 g/mol. The number of carbonyl (C=O) groups excluding carboxylic acids is 3. The van der Waals surface area contributed by atoms with E-state index in [2.05, 4.69) is 20.8 Å². The zero-order valence-electron chi connectivity index (χ0n) is 17.4. The van der Waals surface area contributed by atoms with Gasteiger partial charge in [0.15, 0.2) is 0 Å². The van der Waals surface area contributed by atoms with Crippen molar-refractivity contribution in [3.8, 4) is 0 Å². The van der Waals surface area contributed by atoms with Gasteiger partial charge < -0.3 is 4.90 Å². The second-order valence-electron chi connectivity index (χ2n) is 8.15. The lowest BCUT2D eigenvalue weighted by Gasteiger charge is -2.34. The van der Waals surface area contributed by atoms with E-state index in [9.17, 15) is 14.4 Å². The molecule has 4 rings (SSSR count). The summed E-state index contributed by atoms with van der Waals surface area (Å²) in [5.74, 6) is -0.0745. The summed E-state index contributed by atoms with van der Waals surface area (Å²) < 4.78 is 0. The number of thiazole rings is 1. The first kappa shape index (κ1) is 21.4. The predicted octanol–water partition coefficient (Wildman–Crippen LogP) is 2.90. The molecule has 2 aromatic heterocycles. The molecular weight excluding hydrogens is 414 g/mol. The molecule has 0 radical (unpaired) electrons. The minimum Gasteiger partial charge on any atom is -0.342 e. The summed E-state index contributed by atoms with van der Waals surface area (Å²) in [5, 5.41) is 2.62. The summed E-state index contributed by atoms with van der Waals surface area (Å²) in [4.78, 5) is 47.5. The Morgan fingerprint density at radius 1 is 0.935 bits per heavy atom. The number of hydrogen-bond acceptors (Lipinski definition) is 6. The van der Waals surface area contributed by atoms with Crippen molar-refractivity contribution in [1.29, 1.82) is 0 Å². The van der Waals surface area contributed by atoms with Crippen molar-refractivity contribution >= 4 is 29.1 Å². The minimum absolute atomic E-state index is 0.211. The maximum atomic E-state index is 12.7. The van der Waals surface area contributed by atoms with E-state index in [0.717, 1.165) is 43.8 Å². The highest BCUT2D eigenvalue weighted by Gasteiger charge is 2.30. The van der Waals surface area contributed by atoms with E-state index >= 15 is 0 Å². The van der Waals surface area contributed by atoms with Crippen LogP contribution in [0.1, 0.15) is 76.7 Å². The summed E-state index contributed by atoms with van der Waals surface area (Å²) in [7, 11) is 0. The van der Waals surface area contributed by atoms with Crippen molar-refractivity contribution < 1.29 is 14.4 Å². The quantitative estimate of drug-likeness (QED) is 0.710. The number of hydrogen-bond donors (Lipinski definition) is 2. The van der Waals surface area contributed by atoms with Crippen molar-refractivity contribution in [3.63, 3.8) is 0 Å². The van der Waals surface area contributed by atoms with Crippen LogP contribution in [-0.4, -0.2) is 45.7 Å². The fourth-order valence-electron chi connectivity index (χ4n) is 4.29. The summed E-state index contributed by atoms with van der Waals surface area (Å²) in [5.41, 5.74) is 5.49. The Morgan fingerprint density at radius 2 is 1.61 bits per heavy atom. The number of nitrogens with one attached hydrogen (secondary N) is 2. The molecule has 8 nitrogen and oxygen atoms in total. The van der Waals surface area contributed by atoms with Crippen LogP contribution in [0.15, 0.2) is 29.9 Å². The van der Waals surface area contributed by atoms with Crippen LogP contribution in [0.3, 0.4) is 0 Å². The summed E-state index contributed by atoms with van der Waals surface area (Å²) in [6.07, 6.45) is 10.4. The Balaban J connectivity index is 1.26. The van der Waals surface area contributed by atoms with Gasteiger partial charge in [-0.25, -0.2) is 4.98 Å². The topological polar surface area (TPSA) is 104 Å². The maximum Gasteiger partial charge on any atom is 0.289 e. The largest absolute Gasteiger partial charge is 0.342 e. The highest BCUT2D eigenvalue weighted by molar-refractivity contribution is 7.09. The molecule has 164 valence electrons. The van der Waals surface area contributed by atoms with Crippen LogP contribution in [0.2, 0.25) is 0 Å². The molecule has 0 unspecified atom stereocenters. The molecule has 31 heavy (non-hydrogen) atoms. The van der Waals surface area contributed by atoms with Crippen LogP contribution >= 0.6 is 11.3 Å². The van der Waals surface area contributed by atoms with Crippen LogP contribution in [0.4, 0.5) is 0 Å². The minimum atomic E-state index is -0.449. The molecule has 1 saturated heterocycles. The van der Waals surface area contributed by atoms with Gasteiger partial charge in [-0.05, 0) is 37.8 Å². The first-order valence-corrected chi connectivity index (χ1v) is 11.7. The number of amides is 3. The van der Waals surface area contributed by atoms with Gasteiger partial charge in [0.05, 0.1) is 5.01 Å². The Bertz CT molecular complexity index is 918. The zero-order chi connectivity index (χ0) is 21.6. The number of likely N-dealkylation sites (tertiary alicyclic amines) is 1. The summed E-state index contributed by atoms with van der Waals surface area (Å²) in [6, 6.07) is 3.13. The first-order valence-electron chi connectivity index (χ1n) is 10.9. The van der Waals surface area contributed by atoms with Gasteiger partial charge in [-0.2, -0.15) is 0 Å². The van der Waals surface area contributed by atoms with Crippen molar-refractivity contribution in [2.75, 3.05) is 13.1 Å². The Morgan fingerprint density at radius 3 is 2.32 bits per heavy atom. The molecule has 0 atom stereocenters. The standard InChI is InChI=1S/C22H27N5O3S/c28-19(15-6-10-23-11-7-15)25-26-20(29)18-14-31-21(24-18)16-8-12-27(13-9-16)22(30)17-4-2-1-3-5-17/h6-7,10-11,14,16-17H,1-5,8-9,12-13H2,(H,25,28)(H,26,29). The van der Waals surface area contributed by atoms with Gasteiger partial charge in [0.2, 0.25) is 5.91 Å². The number of pyridine rings is 1. The Labute approximate surface area is 185 Å². The molecular formula is C22H27N5O3S. The van der Waals surface area contributed by atoms with E-state index in [1.54, 1.807) is 17.5 Å². The molecule has 0 aromatic carbocycles. The smallest absolute Gasteiger partial charge is 0.289 e. The summed E-state index contributed by atoms with van der Waals surface area (Å²) in [6.45, 7) is 1.51. The molecule has 9 heteroatoms. The molecule has 2 fully saturated rings. The lowest BCUT2D eigenvalue weighted by atomic mass is 9.87. The molecule has 2 N–H and O–H groups in total. The summed E-state index contributed by atoms with van der Waals surface area (Å²) >= 11 is 1.46. The van der Waals surface area contributed by atoms with Gasteiger partial charge in [-0.1, -0.05) is 19.3 Å². The first-order chi connectivity index (χ1) is 15.1. The zero-order valence-corrected chi connectivity index (χ0v) is 18.2. The van der Waals surface area contributed by atoms with E-state index in [4.69, 9.17) is 0 Å². The van der Waals surface area contributed by atoms with Gasteiger partial charge in [0.1, 0.15) is 5.69 Å². The van der Waals surface area contributed by atoms with Crippen LogP contribution in [0.25, 0.3) is 0 Å². The van der Waals surface area contributed by atoms with E-state index in [1.807, 2.05) is 4.90 Å². The molecule has 3 heterocycles. The van der Waals surface area contributed by atoms with Crippen molar-refractivity contribution in [2.24, 2.45) is 5.92 Å². The number of nitrogens with zero attached hydrogens (tertiary/aromatic N) is 3. The number of hydrazine groups is 1. The SMILES string of the molecule is O=C(NNC(=O)c1csc(C2CCN(C(=O)C3CCCCC3)CC2)n1)c1ccncc1. The highest BCUT2D eigenvalue weighted by Crippen LogP contribution is 2.32. The molecule has 0 bridgehead atoms. The fourth-order valence-corrected chi connectivity index (χ4v) is 5.26. The molecule has 2 aliphatic rings. The highest BCUT2D eigenvalue weighted by atomic mass is 32.1. The maximum absolute atomic E-state index is 12.7. The number of carbonyl (C=O) groups is 3. The molecule has 0 spiro atoms. The average Bonchev–Trinajstić information content (AvgIpc) is 3.33. The van der Waals surface area contributed by atoms with Gasteiger partial charge in [0, 0.05) is 48.3 Å². The van der Waals surface area contributed by atoms with Crippen molar-refractivity contribution in [2.45, 2.75) is 50.9 Å². The van der Waals surface area contributed by atoms with Crippen molar-refractivity contribution in [3.05, 3.63) is 46.2 Å². The van der Waals surface area contributed by atoms with Crippen LogP contribution in [0, 0.1) is 5.92 Å². The molecule has 1 aliphatic heterocycles. The molecule has 1 aliphatic carbocycles. The van der Waals surface area contributed by atoms with Gasteiger partial charge in [-0.3, -0.25) is 30.2 Å². The average molecular weight is 442 g/mol. The van der Waals surface area contributed by atoms with Crippen LogP contribution in [0.5, 0.6) is 0 Å². The second-order valence-corrected chi connectivity index (χ2v) is 9.04. The Kier molecular flexibility index (Phi) is 6.91. The van der Waals surface area contributed by atoms with Crippen molar-refractivity contribution in [1.82, 2.24) is 25.7 Å². The molecule has 3 amide bonds. The second kappa shape index (κ2) is 10.00. The number of piperidine rings is 1. The van der Waals surface area contributed by atoms with E-state index in [1.165, 1.54) is 43.0 Å². The third-order valence-corrected chi connectivity index (χ3v) is 7.10. The normalized spacial score (nSPS) is 17.9. The molecule has 2 aromatic rings.